The number of halogens is 3. The van der Waals surface area contributed by atoms with E-state index in [4.69, 9.17) is 9.47 Å². The predicted molar refractivity (Wildman–Crippen MR) is 74.7 cm³/mol. The summed E-state index contributed by atoms with van der Waals surface area (Å²) in [7, 11) is 1.58. The van der Waals surface area contributed by atoms with E-state index >= 15 is 0 Å². The summed E-state index contributed by atoms with van der Waals surface area (Å²) in [6, 6.07) is 1.80. The molecule has 1 atom stereocenters. The molecule has 1 aromatic carbocycles. The molecule has 0 heterocycles. The third kappa shape index (κ3) is 5.65. The van der Waals surface area contributed by atoms with Gasteiger partial charge in [-0.15, -0.1) is 0 Å². The highest BCUT2D eigenvalue weighted by Gasteiger charge is 2.20. The van der Waals surface area contributed by atoms with Crippen LogP contribution in [0.25, 0.3) is 0 Å². The van der Waals surface area contributed by atoms with Gasteiger partial charge in [0.05, 0.1) is 13.2 Å². The average molecular weight is 305 g/mol. The summed E-state index contributed by atoms with van der Waals surface area (Å²) >= 11 is 0. The van der Waals surface area contributed by atoms with Crippen molar-refractivity contribution in [2.45, 2.75) is 25.8 Å². The van der Waals surface area contributed by atoms with E-state index in [1.807, 2.05) is 6.92 Å². The lowest BCUT2D eigenvalue weighted by Gasteiger charge is -2.20. The third-order valence-electron chi connectivity index (χ3n) is 3.06. The van der Waals surface area contributed by atoms with E-state index in [1.54, 1.807) is 7.11 Å². The first-order chi connectivity index (χ1) is 10.1. The second-order valence-electron chi connectivity index (χ2n) is 4.67. The summed E-state index contributed by atoms with van der Waals surface area (Å²) in [4.78, 5) is 0. The Balaban J connectivity index is 2.70. The monoisotopic (exact) mass is 305 g/mol. The van der Waals surface area contributed by atoms with E-state index in [9.17, 15) is 13.2 Å². The van der Waals surface area contributed by atoms with Crippen LogP contribution in [0, 0.1) is 17.5 Å². The normalized spacial score (nSPS) is 12.6. The van der Waals surface area contributed by atoms with Crippen LogP contribution in [0.3, 0.4) is 0 Å². The molecule has 21 heavy (non-hydrogen) atoms. The molecule has 1 rings (SSSR count). The number of nitrogens with one attached hydrogen (secondary N) is 1. The molecule has 0 saturated heterocycles. The Morgan fingerprint density at radius 1 is 1.10 bits per heavy atom. The van der Waals surface area contributed by atoms with Crippen molar-refractivity contribution in [1.82, 2.24) is 5.32 Å². The van der Waals surface area contributed by atoms with Crippen molar-refractivity contribution < 1.29 is 22.6 Å². The van der Waals surface area contributed by atoms with E-state index in [0.29, 0.717) is 32.8 Å². The summed E-state index contributed by atoms with van der Waals surface area (Å²) in [6.45, 7) is 3.93. The third-order valence-corrected chi connectivity index (χ3v) is 3.06. The van der Waals surface area contributed by atoms with Crippen molar-refractivity contribution in [3.63, 3.8) is 0 Å². The van der Waals surface area contributed by atoms with Gasteiger partial charge >= 0.3 is 0 Å². The van der Waals surface area contributed by atoms with Crippen LogP contribution in [0.4, 0.5) is 13.2 Å². The highest BCUT2D eigenvalue weighted by atomic mass is 19.2. The number of methoxy groups -OCH3 is 1. The van der Waals surface area contributed by atoms with Crippen LogP contribution in [-0.2, 0) is 9.47 Å². The molecular weight excluding hydrogens is 283 g/mol. The molecule has 1 N–H and O–H groups in total. The predicted octanol–water partition coefficient (Wildman–Crippen LogP) is 3.20. The summed E-state index contributed by atoms with van der Waals surface area (Å²) < 4.78 is 50.4. The van der Waals surface area contributed by atoms with Crippen molar-refractivity contribution in [2.24, 2.45) is 0 Å². The van der Waals surface area contributed by atoms with Crippen LogP contribution in [0.2, 0.25) is 0 Å². The Labute approximate surface area is 123 Å². The Morgan fingerprint density at radius 3 is 2.52 bits per heavy atom. The minimum Gasteiger partial charge on any atom is -0.382 e. The number of ether oxygens (including phenoxy) is 2. The highest BCUT2D eigenvalue weighted by molar-refractivity contribution is 5.23. The molecule has 120 valence electrons. The zero-order valence-electron chi connectivity index (χ0n) is 12.4. The maximum atomic E-state index is 13.9. The van der Waals surface area contributed by atoms with Gasteiger partial charge in [0.2, 0.25) is 0 Å². The molecule has 3 nitrogen and oxygen atoms in total. The van der Waals surface area contributed by atoms with Crippen LogP contribution in [0.1, 0.15) is 31.4 Å². The molecule has 1 unspecified atom stereocenters. The molecule has 0 fully saturated rings. The van der Waals surface area contributed by atoms with Gasteiger partial charge < -0.3 is 14.8 Å². The van der Waals surface area contributed by atoms with Gasteiger partial charge in [0.15, 0.2) is 17.5 Å². The fourth-order valence-electron chi connectivity index (χ4n) is 1.94. The first-order valence-electron chi connectivity index (χ1n) is 7.05. The summed E-state index contributed by atoms with van der Waals surface area (Å²) in [5, 5.41) is 3.12. The van der Waals surface area contributed by atoms with Gasteiger partial charge in [0.25, 0.3) is 0 Å². The fraction of sp³-hybridized carbons (Fsp3) is 0.600. The van der Waals surface area contributed by atoms with Crippen molar-refractivity contribution in [2.75, 3.05) is 33.5 Å². The lowest BCUT2D eigenvalue weighted by molar-refractivity contribution is 0.0656. The molecular formula is C15H22F3NO2. The smallest absolute Gasteiger partial charge is 0.194 e. The number of rotatable bonds is 10. The van der Waals surface area contributed by atoms with Crippen molar-refractivity contribution >= 4 is 0 Å². The first kappa shape index (κ1) is 17.9. The Kier molecular flexibility index (Phi) is 8.34. The van der Waals surface area contributed by atoms with Crippen LogP contribution in [0.15, 0.2) is 12.1 Å². The molecule has 0 aliphatic carbocycles. The first-order valence-corrected chi connectivity index (χ1v) is 7.05. The maximum Gasteiger partial charge on any atom is 0.194 e. The minimum absolute atomic E-state index is 0.123. The van der Waals surface area contributed by atoms with E-state index < -0.39 is 23.5 Å². The van der Waals surface area contributed by atoms with Gasteiger partial charge in [-0.25, -0.2) is 13.2 Å². The number of benzene rings is 1. The SMILES string of the molecule is CCCNC(CCOCCOC)c1ccc(F)c(F)c1F. The summed E-state index contributed by atoms with van der Waals surface area (Å²) in [5.41, 5.74) is 0.123. The molecule has 0 spiro atoms. The molecule has 0 aromatic heterocycles. The average Bonchev–Trinajstić information content (AvgIpc) is 2.48. The van der Waals surface area contributed by atoms with Gasteiger partial charge in [-0.2, -0.15) is 0 Å². The van der Waals surface area contributed by atoms with E-state index in [0.717, 1.165) is 12.5 Å². The van der Waals surface area contributed by atoms with Gasteiger partial charge in [-0.05, 0) is 25.5 Å². The maximum absolute atomic E-state index is 13.9. The summed E-state index contributed by atoms with van der Waals surface area (Å²) in [5.74, 6) is -3.75. The molecule has 1 aromatic rings. The highest BCUT2D eigenvalue weighted by Crippen LogP contribution is 2.23. The minimum atomic E-state index is -1.43. The quantitative estimate of drug-likeness (QED) is 0.532. The largest absolute Gasteiger partial charge is 0.382 e. The topological polar surface area (TPSA) is 30.5 Å². The van der Waals surface area contributed by atoms with Crippen LogP contribution in [-0.4, -0.2) is 33.5 Å². The van der Waals surface area contributed by atoms with Gasteiger partial charge in [-0.3, -0.25) is 0 Å². The van der Waals surface area contributed by atoms with E-state index in [-0.39, 0.29) is 5.56 Å². The zero-order chi connectivity index (χ0) is 15.7. The lowest BCUT2D eigenvalue weighted by Crippen LogP contribution is -2.25. The second kappa shape index (κ2) is 9.76. The summed E-state index contributed by atoms with van der Waals surface area (Å²) in [6.07, 6.45) is 1.32. The van der Waals surface area contributed by atoms with E-state index in [1.165, 1.54) is 6.07 Å². The fourth-order valence-corrected chi connectivity index (χ4v) is 1.94. The lowest BCUT2D eigenvalue weighted by atomic mass is 10.0. The second-order valence-corrected chi connectivity index (χ2v) is 4.67. The Hall–Kier alpha value is -1.11. The van der Waals surface area contributed by atoms with Crippen LogP contribution >= 0.6 is 0 Å². The standard InChI is InChI=1S/C15H22F3NO2/c1-3-7-19-13(6-8-21-10-9-20-2)11-4-5-12(16)15(18)14(11)17/h4-5,13,19H,3,6-10H2,1-2H3. The van der Waals surface area contributed by atoms with Crippen LogP contribution < -0.4 is 5.32 Å². The number of hydrogen-bond donors (Lipinski definition) is 1. The van der Waals surface area contributed by atoms with Crippen LogP contribution in [0.5, 0.6) is 0 Å². The number of hydrogen-bond acceptors (Lipinski definition) is 3. The molecule has 0 bridgehead atoms. The Bertz CT molecular complexity index is 430. The molecule has 0 radical (unpaired) electrons. The van der Waals surface area contributed by atoms with Gasteiger partial charge in [0.1, 0.15) is 0 Å². The molecule has 0 amide bonds. The molecule has 6 heteroatoms. The molecule has 0 aliphatic heterocycles. The van der Waals surface area contributed by atoms with E-state index in [2.05, 4.69) is 5.32 Å². The van der Waals surface area contributed by atoms with Crippen molar-refractivity contribution in [1.29, 1.82) is 0 Å². The van der Waals surface area contributed by atoms with Crippen molar-refractivity contribution in [3.05, 3.63) is 35.1 Å². The zero-order valence-corrected chi connectivity index (χ0v) is 12.4. The molecule has 0 saturated carbocycles. The Morgan fingerprint density at radius 2 is 1.86 bits per heavy atom. The van der Waals surface area contributed by atoms with Crippen molar-refractivity contribution in [3.8, 4) is 0 Å². The van der Waals surface area contributed by atoms with Gasteiger partial charge in [0, 0.05) is 25.3 Å². The van der Waals surface area contributed by atoms with Gasteiger partial charge in [-0.1, -0.05) is 13.0 Å². The molecule has 0 aliphatic rings.